The Bertz CT molecular complexity index is 1180. The molecule has 7 nitrogen and oxygen atoms in total. The monoisotopic (exact) mass is 607 g/mol. The molecule has 0 saturated heterocycles. The number of nitrogens with zero attached hydrogens (tertiary/aromatic N) is 3. The third-order valence-electron chi connectivity index (χ3n) is 6.82. The average molecular weight is 608 g/mol. The molecule has 7 heteroatoms. The number of hydrogen-bond acceptors (Lipinski definition) is 7. The van der Waals surface area contributed by atoms with E-state index in [2.05, 4.69) is 92.2 Å². The Kier molecular flexibility index (Phi) is 20.2. The van der Waals surface area contributed by atoms with Crippen LogP contribution < -0.4 is 15.4 Å². The first-order valence-corrected chi connectivity index (χ1v) is 16.1. The Morgan fingerprint density at radius 3 is 2.32 bits per heavy atom. The van der Waals surface area contributed by atoms with Gasteiger partial charge in [0.05, 0.1) is 12.2 Å². The number of aliphatic hydroxyl groups excluding tert-OH is 1. The van der Waals surface area contributed by atoms with Gasteiger partial charge in [-0.15, -0.1) is 13.2 Å². The van der Waals surface area contributed by atoms with Crippen LogP contribution in [0.4, 0.5) is 11.5 Å². The van der Waals surface area contributed by atoms with Crippen LogP contribution in [-0.2, 0) is 6.54 Å². The van der Waals surface area contributed by atoms with E-state index >= 15 is 0 Å². The van der Waals surface area contributed by atoms with Crippen LogP contribution in [0, 0.1) is 5.41 Å². The van der Waals surface area contributed by atoms with Crippen LogP contribution in [0.3, 0.4) is 0 Å². The molecule has 3 N–H and O–H groups in total. The largest absolute Gasteiger partial charge is 0.491 e. The second-order valence-corrected chi connectivity index (χ2v) is 10.8. The average Bonchev–Trinajstić information content (AvgIpc) is 3.26. The molecular weight excluding hydrogens is 546 g/mol. The van der Waals surface area contributed by atoms with E-state index in [1.165, 1.54) is 17.7 Å². The molecule has 1 aliphatic carbocycles. The zero-order chi connectivity index (χ0) is 33.7. The molecule has 0 unspecified atom stereocenters. The van der Waals surface area contributed by atoms with Crippen LogP contribution in [0.5, 0.6) is 5.75 Å². The van der Waals surface area contributed by atoms with Crippen LogP contribution in [0.2, 0.25) is 0 Å². The van der Waals surface area contributed by atoms with E-state index in [0.29, 0.717) is 6.61 Å². The predicted octanol–water partition coefficient (Wildman–Crippen LogP) is 9.34. The highest BCUT2D eigenvalue weighted by Crippen LogP contribution is 2.43. The molecule has 44 heavy (non-hydrogen) atoms. The fourth-order valence-corrected chi connectivity index (χ4v) is 4.85. The van der Waals surface area contributed by atoms with Crippen LogP contribution >= 0.6 is 0 Å². The zero-order valence-corrected chi connectivity index (χ0v) is 29.4. The standard InChI is InChI=1S/C28H37N5O.C3H8.C2H6O.C2H6.C2H4/c1-7-31-24-10-11-28(3,4)16-23(24)19(2)33-12-13-34-26-9-8-20(14-22(26)18-33)21-15-25(29-5)27(30-6)32-17-21;1-3-2;1-2-3;2*1-2/h7-9,14-15,17,29H,2,10-13,16,18H2,1,3-6H3,(H,30,32);3H2,1-2H3;3H,2H2,1H3;1-2H3;1-2H2. The van der Waals surface area contributed by atoms with Gasteiger partial charge in [0.15, 0.2) is 0 Å². The molecule has 0 fully saturated rings. The highest BCUT2D eigenvalue weighted by molar-refractivity contribution is 5.74. The maximum absolute atomic E-state index is 7.57. The Morgan fingerprint density at radius 1 is 1.11 bits per heavy atom. The SMILES string of the molecule is C=C.C=C(C1=C(N=CC)CCC(C)(C)C1)N1CCOc2ccc(-c3cnc(NC)c(NC)c3)cc2C1.CC.CCC.CCO. The summed E-state index contributed by atoms with van der Waals surface area (Å²) in [6, 6.07) is 8.54. The number of rotatable bonds is 6. The van der Waals surface area contributed by atoms with E-state index in [-0.39, 0.29) is 12.0 Å². The first-order chi connectivity index (χ1) is 21.2. The molecule has 2 heterocycles. The maximum Gasteiger partial charge on any atom is 0.149 e. The van der Waals surface area contributed by atoms with E-state index in [0.717, 1.165) is 72.0 Å². The van der Waals surface area contributed by atoms with Crippen molar-refractivity contribution < 1.29 is 9.84 Å². The van der Waals surface area contributed by atoms with Crippen molar-refractivity contribution in [3.63, 3.8) is 0 Å². The number of pyridine rings is 1. The number of nitrogens with one attached hydrogen (secondary N) is 2. The molecule has 0 atom stereocenters. The number of fused-ring (bicyclic) bond motifs is 1. The smallest absolute Gasteiger partial charge is 0.149 e. The van der Waals surface area contributed by atoms with Crippen molar-refractivity contribution in [1.82, 2.24) is 9.88 Å². The summed E-state index contributed by atoms with van der Waals surface area (Å²) < 4.78 is 6.14. The summed E-state index contributed by atoms with van der Waals surface area (Å²) in [5, 5.41) is 13.9. The van der Waals surface area contributed by atoms with Crippen molar-refractivity contribution in [2.24, 2.45) is 10.4 Å². The lowest BCUT2D eigenvalue weighted by atomic mass is 9.75. The molecule has 1 aliphatic heterocycles. The Labute approximate surface area is 269 Å². The number of anilines is 2. The van der Waals surface area contributed by atoms with Gasteiger partial charge in [0.25, 0.3) is 0 Å². The third-order valence-corrected chi connectivity index (χ3v) is 6.82. The number of ether oxygens (including phenoxy) is 1. The molecule has 0 bridgehead atoms. The zero-order valence-electron chi connectivity index (χ0n) is 29.4. The lowest BCUT2D eigenvalue weighted by Gasteiger charge is -2.36. The topological polar surface area (TPSA) is 82.0 Å². The quantitative estimate of drug-likeness (QED) is 0.224. The van der Waals surface area contributed by atoms with Gasteiger partial charge in [-0.25, -0.2) is 4.98 Å². The molecule has 1 aromatic heterocycles. The maximum atomic E-state index is 7.57. The van der Waals surface area contributed by atoms with Crippen LogP contribution in [0.25, 0.3) is 11.1 Å². The van der Waals surface area contributed by atoms with E-state index in [9.17, 15) is 0 Å². The number of aliphatic hydroxyl groups is 1. The van der Waals surface area contributed by atoms with Crippen molar-refractivity contribution in [2.45, 2.75) is 87.6 Å². The molecule has 1 aromatic carbocycles. The first kappa shape index (κ1) is 40.4. The van der Waals surface area contributed by atoms with Gasteiger partial charge in [-0.1, -0.05) is 60.6 Å². The van der Waals surface area contributed by atoms with Crippen molar-refractivity contribution in [2.75, 3.05) is 44.5 Å². The third kappa shape index (κ3) is 12.2. The summed E-state index contributed by atoms with van der Waals surface area (Å²) in [4.78, 5) is 11.6. The number of hydrogen-bond donors (Lipinski definition) is 3. The number of benzene rings is 1. The number of allylic oxidation sites excluding steroid dienone is 2. The number of aromatic nitrogens is 1. The molecule has 0 radical (unpaired) electrons. The molecule has 4 rings (SSSR count). The van der Waals surface area contributed by atoms with Gasteiger partial charge >= 0.3 is 0 Å². The van der Waals surface area contributed by atoms with Crippen molar-refractivity contribution >= 4 is 17.7 Å². The van der Waals surface area contributed by atoms with Gasteiger partial charge in [0.2, 0.25) is 0 Å². The lowest BCUT2D eigenvalue weighted by molar-refractivity contribution is 0.257. The van der Waals surface area contributed by atoms with E-state index in [1.54, 1.807) is 6.92 Å². The molecular formula is C37H61N5O2. The summed E-state index contributed by atoms with van der Waals surface area (Å²) in [6.07, 6.45) is 8.22. The van der Waals surface area contributed by atoms with Gasteiger partial charge in [0.1, 0.15) is 18.2 Å². The van der Waals surface area contributed by atoms with E-state index < -0.39 is 0 Å². The van der Waals surface area contributed by atoms with Gasteiger partial charge in [-0.05, 0) is 67.9 Å². The summed E-state index contributed by atoms with van der Waals surface area (Å²) in [6.45, 7) is 29.6. The minimum absolute atomic E-state index is 0.250. The van der Waals surface area contributed by atoms with Crippen LogP contribution in [0.1, 0.15) is 86.6 Å². The molecule has 246 valence electrons. The van der Waals surface area contributed by atoms with E-state index in [4.69, 9.17) is 14.8 Å². The van der Waals surface area contributed by atoms with Crippen molar-refractivity contribution in [1.29, 1.82) is 0 Å². The summed E-state index contributed by atoms with van der Waals surface area (Å²) in [5.41, 5.74) is 8.13. The fourth-order valence-electron chi connectivity index (χ4n) is 4.85. The summed E-state index contributed by atoms with van der Waals surface area (Å²) in [7, 11) is 3.79. The molecule has 2 aromatic rings. The molecule has 0 saturated carbocycles. The Balaban J connectivity index is 0.00000165. The van der Waals surface area contributed by atoms with Gasteiger partial charge in [-0.3, -0.25) is 4.99 Å². The summed E-state index contributed by atoms with van der Waals surface area (Å²) >= 11 is 0. The fraction of sp³-hybridized carbons (Fsp3) is 0.514. The summed E-state index contributed by atoms with van der Waals surface area (Å²) in [5.74, 6) is 1.78. The highest BCUT2D eigenvalue weighted by Gasteiger charge is 2.30. The second kappa shape index (κ2) is 22.0. The molecule has 2 aliphatic rings. The normalized spacial score (nSPS) is 14.8. The van der Waals surface area contributed by atoms with Crippen LogP contribution in [-0.4, -0.2) is 55.1 Å². The lowest BCUT2D eigenvalue weighted by Crippen LogP contribution is -2.29. The van der Waals surface area contributed by atoms with E-state index in [1.807, 2.05) is 47.3 Å². The highest BCUT2D eigenvalue weighted by atomic mass is 16.5. The first-order valence-electron chi connectivity index (χ1n) is 16.1. The van der Waals surface area contributed by atoms with Crippen LogP contribution in [0.15, 0.2) is 72.2 Å². The minimum atomic E-state index is 0.250. The Morgan fingerprint density at radius 2 is 1.75 bits per heavy atom. The molecule has 0 amide bonds. The van der Waals surface area contributed by atoms with Crippen molar-refractivity contribution in [3.05, 3.63) is 72.7 Å². The number of aliphatic imine (C=N–C) groups is 1. The van der Waals surface area contributed by atoms with Crippen molar-refractivity contribution in [3.8, 4) is 16.9 Å². The second-order valence-electron chi connectivity index (χ2n) is 10.8. The van der Waals surface area contributed by atoms with Gasteiger partial charge < -0.3 is 25.4 Å². The van der Waals surface area contributed by atoms with Gasteiger partial charge in [-0.2, -0.15) is 0 Å². The predicted molar refractivity (Wildman–Crippen MR) is 194 cm³/mol. The van der Waals surface area contributed by atoms with Gasteiger partial charge in [0, 0.05) is 62.2 Å². The molecule has 0 spiro atoms. The Hall–Kier alpha value is -3.58. The minimum Gasteiger partial charge on any atom is -0.491 e.